The van der Waals surface area contributed by atoms with Crippen LogP contribution in [0.15, 0.2) is 48.5 Å². The number of carboxylic acid groups (broad SMARTS) is 1. The predicted octanol–water partition coefficient (Wildman–Crippen LogP) is 3.14. The molecule has 2 aromatic carbocycles. The van der Waals surface area contributed by atoms with Crippen molar-refractivity contribution in [1.82, 2.24) is 5.32 Å². The molecule has 0 saturated heterocycles. The van der Waals surface area contributed by atoms with E-state index < -0.39 is 12.0 Å². The second-order valence-electron chi connectivity index (χ2n) is 8.95. The summed E-state index contributed by atoms with van der Waals surface area (Å²) in [6, 6.07) is 13.7. The number of nitrogens with zero attached hydrogens (tertiary/aromatic N) is 1. The average molecular weight is 441 g/mol. The van der Waals surface area contributed by atoms with Gasteiger partial charge in [0.2, 0.25) is 5.91 Å². The molecule has 2 aromatic rings. The van der Waals surface area contributed by atoms with Crippen molar-refractivity contribution < 1.29 is 19.4 Å². The summed E-state index contributed by atoms with van der Waals surface area (Å²) in [5.41, 5.74) is 7.81. The van der Waals surface area contributed by atoms with E-state index in [0.29, 0.717) is 12.4 Å². The van der Waals surface area contributed by atoms with Crippen LogP contribution in [0.1, 0.15) is 38.3 Å². The summed E-state index contributed by atoms with van der Waals surface area (Å²) in [5, 5.41) is 19.6. The Labute approximate surface area is 188 Å². The molecule has 0 fully saturated rings. The first kappa shape index (κ1) is 24.7. The number of anilines is 1. The van der Waals surface area contributed by atoms with Gasteiger partial charge >= 0.3 is 5.97 Å². The van der Waals surface area contributed by atoms with Crippen LogP contribution in [0.5, 0.6) is 5.75 Å². The Bertz CT molecular complexity index is 951. The molecule has 0 aromatic heterocycles. The molecule has 0 saturated carbocycles. The van der Waals surface area contributed by atoms with Crippen molar-refractivity contribution in [3.63, 3.8) is 0 Å². The van der Waals surface area contributed by atoms with Gasteiger partial charge in [-0.2, -0.15) is 0 Å². The molecule has 2 rings (SSSR count). The predicted molar refractivity (Wildman–Crippen MR) is 125 cm³/mol. The van der Waals surface area contributed by atoms with Gasteiger partial charge in [0.1, 0.15) is 18.4 Å². The number of carbonyl (C=O) groups excluding carboxylic acids is 1. The summed E-state index contributed by atoms with van der Waals surface area (Å²) in [6.07, 6.45) is 0.442. The Morgan fingerprint density at radius 1 is 1.16 bits per heavy atom. The lowest BCUT2D eigenvalue weighted by atomic mass is 9.91. The first-order valence-corrected chi connectivity index (χ1v) is 10.4. The van der Waals surface area contributed by atoms with Crippen molar-refractivity contribution >= 4 is 23.5 Å². The maximum atomic E-state index is 12.1. The molecular weight excluding hydrogens is 408 g/mol. The van der Waals surface area contributed by atoms with Gasteiger partial charge in [-0.25, -0.2) is 4.79 Å². The van der Waals surface area contributed by atoms with Crippen molar-refractivity contribution in [3.05, 3.63) is 59.7 Å². The van der Waals surface area contributed by atoms with Gasteiger partial charge in [0.05, 0.1) is 0 Å². The number of ether oxygens (including phenoxy) is 1. The SMILES string of the molecule is CN(C(=N)N)c1cccc(COc2ccc(CC(NC(=O)CC(C)(C)C)C(=O)O)cc2)c1. The minimum atomic E-state index is -1.07. The van der Waals surface area contributed by atoms with E-state index >= 15 is 0 Å². The van der Waals surface area contributed by atoms with Gasteiger partial charge in [-0.1, -0.05) is 45.0 Å². The molecule has 0 aliphatic rings. The topological polar surface area (TPSA) is 129 Å². The van der Waals surface area contributed by atoms with Crippen LogP contribution in [0.3, 0.4) is 0 Å². The third kappa shape index (κ3) is 7.94. The normalized spacial score (nSPS) is 12.0. The largest absolute Gasteiger partial charge is 0.489 e. The van der Waals surface area contributed by atoms with Crippen LogP contribution in [-0.4, -0.2) is 36.0 Å². The Hall–Kier alpha value is -3.55. The fraction of sp³-hybridized carbons (Fsp3) is 0.375. The van der Waals surface area contributed by atoms with Crippen LogP contribution >= 0.6 is 0 Å². The molecule has 32 heavy (non-hydrogen) atoms. The number of amides is 1. The van der Waals surface area contributed by atoms with Crippen molar-refractivity contribution in [1.29, 1.82) is 5.41 Å². The summed E-state index contributed by atoms with van der Waals surface area (Å²) >= 11 is 0. The average Bonchev–Trinajstić information content (AvgIpc) is 2.71. The lowest BCUT2D eigenvalue weighted by Crippen LogP contribution is -2.43. The fourth-order valence-corrected chi connectivity index (χ4v) is 3.05. The number of hydrogen-bond donors (Lipinski definition) is 4. The number of nitrogens with two attached hydrogens (primary N) is 1. The molecule has 1 amide bonds. The monoisotopic (exact) mass is 440 g/mol. The van der Waals surface area contributed by atoms with Gasteiger partial charge in [0, 0.05) is 25.6 Å². The summed E-state index contributed by atoms with van der Waals surface area (Å²) in [6.45, 7) is 6.12. The summed E-state index contributed by atoms with van der Waals surface area (Å²) in [5.74, 6) is -0.749. The van der Waals surface area contributed by atoms with Crippen LogP contribution in [0, 0.1) is 10.8 Å². The number of nitrogens with one attached hydrogen (secondary N) is 2. The number of benzene rings is 2. The second-order valence-corrected chi connectivity index (χ2v) is 8.95. The minimum Gasteiger partial charge on any atom is -0.489 e. The van der Waals surface area contributed by atoms with E-state index in [1.165, 1.54) is 0 Å². The highest BCUT2D eigenvalue weighted by Gasteiger charge is 2.23. The maximum Gasteiger partial charge on any atom is 0.326 e. The van der Waals surface area contributed by atoms with Crippen LogP contribution in [0.4, 0.5) is 5.69 Å². The highest BCUT2D eigenvalue weighted by molar-refractivity contribution is 5.91. The molecule has 0 bridgehead atoms. The maximum absolute atomic E-state index is 12.1. The van der Waals surface area contributed by atoms with Gasteiger partial charge < -0.3 is 25.8 Å². The van der Waals surface area contributed by atoms with E-state index in [0.717, 1.165) is 16.8 Å². The fourth-order valence-electron chi connectivity index (χ4n) is 3.05. The van der Waals surface area contributed by atoms with Crippen LogP contribution in [0.2, 0.25) is 0 Å². The molecule has 0 heterocycles. The molecule has 172 valence electrons. The summed E-state index contributed by atoms with van der Waals surface area (Å²) < 4.78 is 5.82. The Kier molecular flexibility index (Phi) is 8.23. The number of rotatable bonds is 9. The highest BCUT2D eigenvalue weighted by atomic mass is 16.5. The zero-order valence-electron chi connectivity index (χ0n) is 19.0. The van der Waals surface area contributed by atoms with E-state index in [-0.39, 0.29) is 30.1 Å². The molecule has 0 aliphatic carbocycles. The van der Waals surface area contributed by atoms with Crippen molar-refractivity contribution in [2.24, 2.45) is 11.1 Å². The zero-order chi connectivity index (χ0) is 23.9. The first-order chi connectivity index (χ1) is 14.9. The highest BCUT2D eigenvalue weighted by Crippen LogP contribution is 2.20. The molecule has 5 N–H and O–H groups in total. The quantitative estimate of drug-likeness (QED) is 0.350. The Morgan fingerprint density at radius 3 is 2.38 bits per heavy atom. The lowest BCUT2D eigenvalue weighted by Gasteiger charge is -2.20. The van der Waals surface area contributed by atoms with Crippen LogP contribution in [-0.2, 0) is 22.6 Å². The Morgan fingerprint density at radius 2 is 1.81 bits per heavy atom. The van der Waals surface area contributed by atoms with Gasteiger partial charge in [-0.05, 0) is 40.8 Å². The number of aliphatic carboxylic acids is 1. The molecule has 1 unspecified atom stereocenters. The smallest absolute Gasteiger partial charge is 0.326 e. The number of guanidine groups is 1. The lowest BCUT2D eigenvalue weighted by molar-refractivity contribution is -0.142. The Balaban J connectivity index is 1.96. The number of hydrogen-bond acceptors (Lipinski definition) is 4. The third-order valence-corrected chi connectivity index (χ3v) is 4.75. The minimum absolute atomic E-state index is 0.0482. The van der Waals surface area contributed by atoms with Crippen molar-refractivity contribution in [3.8, 4) is 5.75 Å². The van der Waals surface area contributed by atoms with E-state index in [2.05, 4.69) is 5.32 Å². The van der Waals surface area contributed by atoms with E-state index in [1.54, 1.807) is 36.2 Å². The van der Waals surface area contributed by atoms with Crippen LogP contribution < -0.4 is 20.7 Å². The first-order valence-electron chi connectivity index (χ1n) is 10.4. The molecular formula is C24H32N4O4. The molecule has 0 radical (unpaired) electrons. The molecule has 8 nitrogen and oxygen atoms in total. The van der Waals surface area contributed by atoms with E-state index in [1.807, 2.05) is 45.0 Å². The van der Waals surface area contributed by atoms with E-state index in [9.17, 15) is 14.7 Å². The molecule has 0 aliphatic heterocycles. The summed E-state index contributed by atoms with van der Waals surface area (Å²) in [7, 11) is 1.72. The van der Waals surface area contributed by atoms with Crippen LogP contribution in [0.25, 0.3) is 0 Å². The molecule has 8 heteroatoms. The van der Waals surface area contributed by atoms with Gasteiger partial charge in [-0.15, -0.1) is 0 Å². The van der Waals surface area contributed by atoms with Gasteiger partial charge in [0.25, 0.3) is 0 Å². The number of carboxylic acids is 1. The third-order valence-electron chi connectivity index (χ3n) is 4.75. The molecule has 0 spiro atoms. The van der Waals surface area contributed by atoms with Crippen molar-refractivity contribution in [2.75, 3.05) is 11.9 Å². The summed E-state index contributed by atoms with van der Waals surface area (Å²) in [4.78, 5) is 25.3. The zero-order valence-corrected chi connectivity index (χ0v) is 19.0. The van der Waals surface area contributed by atoms with E-state index in [4.69, 9.17) is 15.9 Å². The number of carbonyl (C=O) groups is 2. The second kappa shape index (κ2) is 10.7. The van der Waals surface area contributed by atoms with Gasteiger partial charge in [0.15, 0.2) is 5.96 Å². The van der Waals surface area contributed by atoms with Gasteiger partial charge in [-0.3, -0.25) is 10.2 Å². The van der Waals surface area contributed by atoms with Crippen molar-refractivity contribution in [2.45, 2.75) is 46.3 Å². The molecule has 1 atom stereocenters. The standard InChI is InChI=1S/C24H32N4O4/c1-24(2,3)14-21(29)27-20(22(30)31)13-16-8-10-19(11-9-16)32-15-17-6-5-7-18(12-17)28(4)23(25)26/h5-12,20H,13-15H2,1-4H3,(H3,25,26)(H,27,29)(H,30,31).